The van der Waals surface area contributed by atoms with Crippen LogP contribution < -0.4 is 10.6 Å². The van der Waals surface area contributed by atoms with Gasteiger partial charge < -0.3 is 10.6 Å². The summed E-state index contributed by atoms with van der Waals surface area (Å²) >= 11 is 0. The Morgan fingerprint density at radius 2 is 1.78 bits per heavy atom. The Morgan fingerprint density at radius 1 is 1.13 bits per heavy atom. The minimum Gasteiger partial charge on any atom is -0.354 e. The topological polar surface area (TPSA) is 39.7 Å². The summed E-state index contributed by atoms with van der Waals surface area (Å²) in [6, 6.07) is 9.41. The molecule has 1 unspecified atom stereocenters. The molecule has 0 saturated carbocycles. The zero-order valence-electron chi connectivity index (χ0n) is 14.9. The standard InChI is InChI=1S/C19H32N4/c1-4-16(2)22-19(20-3)21-14-17-8-10-18(11-9-17)15-23-12-6-5-7-13-23/h8-11,16H,4-7,12-15H2,1-3H3,(H2,20,21,22). The van der Waals surface area contributed by atoms with Crippen LogP contribution in [0.1, 0.15) is 50.7 Å². The van der Waals surface area contributed by atoms with Gasteiger partial charge in [-0.05, 0) is 50.4 Å². The molecule has 4 nitrogen and oxygen atoms in total. The van der Waals surface area contributed by atoms with E-state index in [2.05, 4.69) is 58.6 Å². The van der Waals surface area contributed by atoms with Crippen molar-refractivity contribution in [2.45, 2.75) is 58.7 Å². The highest BCUT2D eigenvalue weighted by Gasteiger charge is 2.10. The Morgan fingerprint density at radius 3 is 2.39 bits per heavy atom. The largest absolute Gasteiger partial charge is 0.354 e. The van der Waals surface area contributed by atoms with Crippen molar-refractivity contribution < 1.29 is 0 Å². The average Bonchev–Trinajstić information content (AvgIpc) is 2.60. The van der Waals surface area contributed by atoms with Crippen LogP contribution in [-0.4, -0.2) is 37.0 Å². The van der Waals surface area contributed by atoms with Crippen LogP contribution in [-0.2, 0) is 13.1 Å². The summed E-state index contributed by atoms with van der Waals surface area (Å²) in [5.74, 6) is 0.872. The maximum Gasteiger partial charge on any atom is 0.191 e. The van der Waals surface area contributed by atoms with Gasteiger partial charge in [-0.3, -0.25) is 9.89 Å². The van der Waals surface area contributed by atoms with E-state index in [1.165, 1.54) is 43.5 Å². The van der Waals surface area contributed by atoms with Gasteiger partial charge in [0.25, 0.3) is 0 Å². The number of aliphatic imine (C=N–C) groups is 1. The Hall–Kier alpha value is -1.55. The Bertz CT molecular complexity index is 475. The Labute approximate surface area is 141 Å². The van der Waals surface area contributed by atoms with Crippen LogP contribution in [0.2, 0.25) is 0 Å². The van der Waals surface area contributed by atoms with Crippen LogP contribution in [0.5, 0.6) is 0 Å². The zero-order valence-corrected chi connectivity index (χ0v) is 14.9. The third-order valence-electron chi connectivity index (χ3n) is 4.56. The molecule has 2 N–H and O–H groups in total. The molecule has 0 radical (unpaired) electrons. The second-order valence-corrected chi connectivity index (χ2v) is 6.53. The highest BCUT2D eigenvalue weighted by molar-refractivity contribution is 5.79. The molecule has 0 aliphatic carbocycles. The highest BCUT2D eigenvalue weighted by Crippen LogP contribution is 2.13. The molecule has 0 bridgehead atoms. The van der Waals surface area contributed by atoms with Gasteiger partial charge in [0.15, 0.2) is 5.96 Å². The number of hydrogen-bond donors (Lipinski definition) is 2. The van der Waals surface area contributed by atoms with Gasteiger partial charge in [0, 0.05) is 26.2 Å². The van der Waals surface area contributed by atoms with Crippen molar-refractivity contribution in [3.05, 3.63) is 35.4 Å². The normalized spacial score (nSPS) is 17.8. The summed E-state index contributed by atoms with van der Waals surface area (Å²) in [5, 5.41) is 6.76. The van der Waals surface area contributed by atoms with E-state index in [-0.39, 0.29) is 0 Å². The fraction of sp³-hybridized carbons (Fsp3) is 0.632. The lowest BCUT2D eigenvalue weighted by Gasteiger charge is -2.26. The second-order valence-electron chi connectivity index (χ2n) is 6.53. The molecule has 1 aromatic carbocycles. The Kier molecular flexibility index (Phi) is 7.40. The van der Waals surface area contributed by atoms with Gasteiger partial charge in [-0.25, -0.2) is 0 Å². The summed E-state index contributed by atoms with van der Waals surface area (Å²) in [6.07, 6.45) is 5.19. The molecule has 0 aromatic heterocycles. The van der Waals surface area contributed by atoms with Gasteiger partial charge in [-0.2, -0.15) is 0 Å². The summed E-state index contributed by atoms with van der Waals surface area (Å²) < 4.78 is 0. The van der Waals surface area contributed by atoms with E-state index in [0.717, 1.165) is 25.5 Å². The van der Waals surface area contributed by atoms with Gasteiger partial charge in [-0.1, -0.05) is 37.6 Å². The first-order valence-corrected chi connectivity index (χ1v) is 8.98. The molecule has 1 saturated heterocycles. The van der Waals surface area contributed by atoms with E-state index in [0.29, 0.717) is 6.04 Å². The van der Waals surface area contributed by atoms with Crippen molar-refractivity contribution >= 4 is 5.96 Å². The number of benzene rings is 1. The van der Waals surface area contributed by atoms with E-state index < -0.39 is 0 Å². The minimum absolute atomic E-state index is 0.438. The van der Waals surface area contributed by atoms with Gasteiger partial charge in [0.05, 0.1) is 0 Å². The zero-order chi connectivity index (χ0) is 16.5. The number of piperidine rings is 1. The fourth-order valence-corrected chi connectivity index (χ4v) is 2.85. The first-order valence-electron chi connectivity index (χ1n) is 8.98. The Balaban J connectivity index is 1.80. The van der Waals surface area contributed by atoms with E-state index in [1.54, 1.807) is 0 Å². The van der Waals surface area contributed by atoms with Crippen molar-refractivity contribution in [1.82, 2.24) is 15.5 Å². The van der Waals surface area contributed by atoms with Gasteiger partial charge in [0.1, 0.15) is 0 Å². The third-order valence-corrected chi connectivity index (χ3v) is 4.56. The third kappa shape index (κ3) is 6.22. The van der Waals surface area contributed by atoms with Gasteiger partial charge >= 0.3 is 0 Å². The molecule has 0 spiro atoms. The smallest absolute Gasteiger partial charge is 0.191 e. The molecular formula is C19H32N4. The number of hydrogen-bond acceptors (Lipinski definition) is 2. The molecule has 0 amide bonds. The maximum absolute atomic E-state index is 4.27. The van der Waals surface area contributed by atoms with Gasteiger partial charge in [0.2, 0.25) is 0 Å². The molecule has 128 valence electrons. The molecule has 1 fully saturated rings. The number of nitrogens with one attached hydrogen (secondary N) is 2. The SMILES string of the molecule is CCC(C)NC(=NC)NCc1ccc(CN2CCCCC2)cc1. The lowest BCUT2D eigenvalue weighted by atomic mass is 10.1. The van der Waals surface area contributed by atoms with Crippen molar-refractivity contribution in [3.63, 3.8) is 0 Å². The van der Waals surface area contributed by atoms with E-state index in [4.69, 9.17) is 0 Å². The van der Waals surface area contributed by atoms with Crippen LogP contribution >= 0.6 is 0 Å². The summed E-state index contributed by atoms with van der Waals surface area (Å²) in [7, 11) is 1.82. The van der Waals surface area contributed by atoms with Crippen LogP contribution in [0.4, 0.5) is 0 Å². The highest BCUT2D eigenvalue weighted by atomic mass is 15.2. The molecular weight excluding hydrogens is 284 g/mol. The molecule has 1 aromatic rings. The van der Waals surface area contributed by atoms with Crippen LogP contribution in [0.15, 0.2) is 29.3 Å². The predicted molar refractivity (Wildman–Crippen MR) is 98.7 cm³/mol. The molecule has 1 aliphatic rings. The summed E-state index contributed by atoms with van der Waals surface area (Å²) in [5.41, 5.74) is 2.71. The first kappa shape index (κ1) is 17.8. The van der Waals surface area contributed by atoms with E-state index >= 15 is 0 Å². The van der Waals surface area contributed by atoms with Crippen molar-refractivity contribution in [1.29, 1.82) is 0 Å². The fourth-order valence-electron chi connectivity index (χ4n) is 2.85. The van der Waals surface area contributed by atoms with E-state index in [9.17, 15) is 0 Å². The summed E-state index contributed by atoms with van der Waals surface area (Å²) in [4.78, 5) is 6.84. The predicted octanol–water partition coefficient (Wildman–Crippen LogP) is 3.14. The minimum atomic E-state index is 0.438. The molecule has 2 rings (SSSR count). The van der Waals surface area contributed by atoms with Crippen LogP contribution in [0.25, 0.3) is 0 Å². The average molecular weight is 316 g/mol. The van der Waals surface area contributed by atoms with Gasteiger partial charge in [-0.15, -0.1) is 0 Å². The molecule has 1 atom stereocenters. The molecule has 1 aliphatic heterocycles. The summed E-state index contributed by atoms with van der Waals surface area (Å²) in [6.45, 7) is 8.74. The monoisotopic (exact) mass is 316 g/mol. The van der Waals surface area contributed by atoms with E-state index in [1.807, 2.05) is 7.05 Å². The number of likely N-dealkylation sites (tertiary alicyclic amines) is 1. The van der Waals surface area contributed by atoms with Crippen LogP contribution in [0, 0.1) is 0 Å². The molecule has 4 heteroatoms. The maximum atomic E-state index is 4.27. The molecule has 23 heavy (non-hydrogen) atoms. The lowest BCUT2D eigenvalue weighted by Crippen LogP contribution is -2.41. The first-order chi connectivity index (χ1) is 11.2. The quantitative estimate of drug-likeness (QED) is 0.626. The lowest BCUT2D eigenvalue weighted by molar-refractivity contribution is 0.221. The van der Waals surface area contributed by atoms with Crippen molar-refractivity contribution in [2.24, 2.45) is 4.99 Å². The molecule has 1 heterocycles. The second kappa shape index (κ2) is 9.56. The number of rotatable bonds is 6. The number of nitrogens with zero attached hydrogens (tertiary/aromatic N) is 2. The van der Waals surface area contributed by atoms with Crippen molar-refractivity contribution in [2.75, 3.05) is 20.1 Å². The van der Waals surface area contributed by atoms with Crippen molar-refractivity contribution in [3.8, 4) is 0 Å². The number of guanidine groups is 1. The van der Waals surface area contributed by atoms with Crippen LogP contribution in [0.3, 0.4) is 0 Å².